The number of hydrogen-bond donors (Lipinski definition) is 0. The Morgan fingerprint density at radius 2 is 1.62 bits per heavy atom. The topological polar surface area (TPSA) is 0 Å². The van der Waals surface area contributed by atoms with Crippen molar-refractivity contribution in [2.75, 3.05) is 0 Å². The van der Waals surface area contributed by atoms with Gasteiger partial charge >= 0.3 is 0 Å². The van der Waals surface area contributed by atoms with Crippen molar-refractivity contribution in [3.8, 4) is 0 Å². The third-order valence-electron chi connectivity index (χ3n) is 2.68. The quantitative estimate of drug-likeness (QED) is 0.607. The lowest BCUT2D eigenvalue weighted by atomic mass is 9.86. The van der Waals surface area contributed by atoms with Crippen LogP contribution in [-0.4, -0.2) is 0 Å². The first kappa shape index (κ1) is 8.80. The Labute approximate surface area is 81.0 Å². The molecular weight excluding hydrogens is 156 g/mol. The molecule has 0 heteroatoms. The Balaban J connectivity index is 2.22. The summed E-state index contributed by atoms with van der Waals surface area (Å²) in [5.74, 6) is 0.758. The highest BCUT2D eigenvalue weighted by atomic mass is 14.3. The molecule has 1 aromatic rings. The minimum Gasteiger partial charge on any atom is -0.0585 e. The smallest absolute Gasteiger partial charge is 0.0128 e. The lowest BCUT2D eigenvalue weighted by molar-refractivity contribution is 0.590. The van der Waals surface area contributed by atoms with Crippen LogP contribution in [0.25, 0.3) is 0 Å². The largest absolute Gasteiger partial charge is 0.0585 e. The monoisotopic (exact) mass is 173 g/mol. The summed E-state index contributed by atoms with van der Waals surface area (Å²) in [6.07, 6.45) is 3.63. The second-order valence-electron chi connectivity index (χ2n) is 4.95. The normalized spacial score (nSPS) is 17.5. The van der Waals surface area contributed by atoms with Gasteiger partial charge in [-0.1, -0.05) is 45.0 Å². The molecule has 1 unspecified atom stereocenters. The predicted octanol–water partition coefficient (Wildman–Crippen LogP) is 3.68. The van der Waals surface area contributed by atoms with E-state index < -0.39 is 0 Å². The maximum Gasteiger partial charge on any atom is -0.0128 e. The lowest BCUT2D eigenvalue weighted by Gasteiger charge is -2.19. The first-order valence-electron chi connectivity index (χ1n) is 5.01. The van der Waals surface area contributed by atoms with Crippen molar-refractivity contribution in [1.29, 1.82) is 0 Å². The van der Waals surface area contributed by atoms with Crippen LogP contribution in [0.3, 0.4) is 0 Å². The summed E-state index contributed by atoms with van der Waals surface area (Å²) >= 11 is 0. The molecular formula is C13H17. The number of benzene rings is 1. The van der Waals surface area contributed by atoms with E-state index in [4.69, 9.17) is 0 Å². The molecule has 1 saturated carbocycles. The molecule has 1 fully saturated rings. The van der Waals surface area contributed by atoms with Crippen LogP contribution in [0.1, 0.15) is 44.2 Å². The van der Waals surface area contributed by atoms with Gasteiger partial charge in [-0.25, -0.2) is 0 Å². The van der Waals surface area contributed by atoms with Crippen LogP contribution in [0.4, 0.5) is 0 Å². The molecule has 1 aliphatic rings. The van der Waals surface area contributed by atoms with Crippen LogP contribution in [0.2, 0.25) is 0 Å². The van der Waals surface area contributed by atoms with Crippen LogP contribution in [0, 0.1) is 6.42 Å². The van der Waals surface area contributed by atoms with Gasteiger partial charge < -0.3 is 0 Å². The molecule has 0 aliphatic heterocycles. The Kier molecular flexibility index (Phi) is 1.94. The summed E-state index contributed by atoms with van der Waals surface area (Å²) in [4.78, 5) is 0. The van der Waals surface area contributed by atoms with Gasteiger partial charge in [-0.2, -0.15) is 0 Å². The molecule has 0 spiro atoms. The third-order valence-corrected chi connectivity index (χ3v) is 2.68. The number of hydrogen-bond acceptors (Lipinski definition) is 0. The zero-order chi connectivity index (χ0) is 9.47. The summed E-state index contributed by atoms with van der Waals surface area (Å²) in [5.41, 5.74) is 3.19. The molecule has 0 aromatic heterocycles. The lowest BCUT2D eigenvalue weighted by Crippen LogP contribution is -2.10. The van der Waals surface area contributed by atoms with Crippen molar-refractivity contribution in [2.45, 2.75) is 38.5 Å². The zero-order valence-corrected chi connectivity index (χ0v) is 8.67. The number of rotatable bonds is 1. The van der Waals surface area contributed by atoms with Gasteiger partial charge in [-0.3, -0.25) is 0 Å². The Morgan fingerprint density at radius 1 is 1.08 bits per heavy atom. The van der Waals surface area contributed by atoms with Gasteiger partial charge in [0.15, 0.2) is 0 Å². The van der Waals surface area contributed by atoms with Crippen LogP contribution in [0.15, 0.2) is 24.3 Å². The molecule has 0 heterocycles. The van der Waals surface area contributed by atoms with Gasteiger partial charge in [0.1, 0.15) is 0 Å². The highest BCUT2D eigenvalue weighted by Gasteiger charge is 2.24. The average Bonchev–Trinajstić information content (AvgIpc) is 2.85. The van der Waals surface area contributed by atoms with Crippen LogP contribution in [-0.2, 0) is 5.41 Å². The molecule has 13 heavy (non-hydrogen) atoms. The second-order valence-corrected chi connectivity index (χ2v) is 4.95. The van der Waals surface area contributed by atoms with Gasteiger partial charge in [-0.15, -0.1) is 0 Å². The molecule has 2 rings (SSSR count). The van der Waals surface area contributed by atoms with Crippen LogP contribution >= 0.6 is 0 Å². The van der Waals surface area contributed by atoms with Crippen molar-refractivity contribution in [1.82, 2.24) is 0 Å². The molecule has 0 nitrogen and oxygen atoms in total. The fraction of sp³-hybridized carbons (Fsp3) is 0.462. The third kappa shape index (κ3) is 1.93. The minimum absolute atomic E-state index is 0.284. The molecule has 1 aromatic carbocycles. The van der Waals surface area contributed by atoms with Crippen LogP contribution < -0.4 is 0 Å². The molecule has 0 bridgehead atoms. The SMILES string of the molecule is CC(C)(C)c1ccc(C2[CH]C2)cc1. The van der Waals surface area contributed by atoms with E-state index in [0.29, 0.717) is 0 Å². The average molecular weight is 173 g/mol. The summed E-state index contributed by atoms with van der Waals surface area (Å²) in [6.45, 7) is 6.77. The van der Waals surface area contributed by atoms with Gasteiger partial charge in [-0.05, 0) is 35.3 Å². The maximum absolute atomic E-state index is 2.35. The van der Waals surface area contributed by atoms with Gasteiger partial charge in [0.25, 0.3) is 0 Å². The van der Waals surface area contributed by atoms with E-state index in [0.717, 1.165) is 5.92 Å². The molecule has 1 aliphatic carbocycles. The fourth-order valence-corrected chi connectivity index (χ4v) is 1.57. The molecule has 0 N–H and O–H groups in total. The van der Waals surface area contributed by atoms with Crippen molar-refractivity contribution in [3.05, 3.63) is 41.8 Å². The summed E-state index contributed by atoms with van der Waals surface area (Å²) in [7, 11) is 0. The first-order chi connectivity index (χ1) is 6.07. The molecule has 0 amide bonds. The summed E-state index contributed by atoms with van der Waals surface area (Å²) < 4.78 is 0. The second kappa shape index (κ2) is 2.87. The first-order valence-corrected chi connectivity index (χ1v) is 5.01. The summed E-state index contributed by atoms with van der Waals surface area (Å²) in [5, 5.41) is 0. The van der Waals surface area contributed by atoms with E-state index in [-0.39, 0.29) is 5.41 Å². The Bertz CT molecular complexity index is 283. The predicted molar refractivity (Wildman–Crippen MR) is 56.8 cm³/mol. The van der Waals surface area contributed by atoms with E-state index >= 15 is 0 Å². The standard InChI is InChI=1S/C13H17/c1-13(2,3)12-8-6-11(7-9-12)10-4-5-10/h4,6-10H,5H2,1-3H3. The molecule has 1 atom stereocenters. The van der Waals surface area contributed by atoms with Crippen molar-refractivity contribution in [2.24, 2.45) is 0 Å². The van der Waals surface area contributed by atoms with E-state index in [2.05, 4.69) is 51.5 Å². The van der Waals surface area contributed by atoms with Gasteiger partial charge in [0.05, 0.1) is 0 Å². The van der Waals surface area contributed by atoms with Crippen molar-refractivity contribution < 1.29 is 0 Å². The molecule has 0 saturated heterocycles. The zero-order valence-electron chi connectivity index (χ0n) is 8.67. The minimum atomic E-state index is 0.284. The fourth-order valence-electron chi connectivity index (χ4n) is 1.57. The van der Waals surface area contributed by atoms with E-state index in [1.54, 1.807) is 0 Å². The highest BCUT2D eigenvalue weighted by Crippen LogP contribution is 2.39. The van der Waals surface area contributed by atoms with E-state index in [1.807, 2.05) is 0 Å². The van der Waals surface area contributed by atoms with Gasteiger partial charge in [0, 0.05) is 0 Å². The van der Waals surface area contributed by atoms with E-state index in [9.17, 15) is 0 Å². The van der Waals surface area contributed by atoms with Crippen molar-refractivity contribution >= 4 is 0 Å². The van der Waals surface area contributed by atoms with Crippen LogP contribution in [0.5, 0.6) is 0 Å². The van der Waals surface area contributed by atoms with Gasteiger partial charge in [0.2, 0.25) is 0 Å². The Hall–Kier alpha value is -0.780. The maximum atomic E-state index is 2.35. The van der Waals surface area contributed by atoms with Crippen molar-refractivity contribution in [3.63, 3.8) is 0 Å². The molecule has 1 radical (unpaired) electrons. The Morgan fingerprint density at radius 3 is 2.00 bits per heavy atom. The highest BCUT2D eigenvalue weighted by molar-refractivity contribution is 5.34. The molecule has 69 valence electrons. The summed E-state index contributed by atoms with van der Waals surface area (Å²) in [6, 6.07) is 9.08. The van der Waals surface area contributed by atoms with E-state index in [1.165, 1.54) is 17.5 Å².